The number of carbonyl (C=O) groups excluding carboxylic acids is 1. The van der Waals surface area contributed by atoms with E-state index in [1.54, 1.807) is 12.1 Å². The highest BCUT2D eigenvalue weighted by Gasteiger charge is 2.33. The van der Waals surface area contributed by atoms with Gasteiger partial charge in [0.25, 0.3) is 0 Å². The molecular weight excluding hydrogens is 234 g/mol. The fraction of sp³-hybridized carbons (Fsp3) is 0.385. The minimum absolute atomic E-state index is 0.139. The lowest BCUT2D eigenvalue weighted by Gasteiger charge is -2.10. The van der Waals surface area contributed by atoms with Crippen LogP contribution in [0, 0.1) is 11.8 Å². The van der Waals surface area contributed by atoms with Gasteiger partial charge in [0.05, 0.1) is 5.92 Å². The second-order valence-electron chi connectivity index (χ2n) is 4.58. The third kappa shape index (κ3) is 2.80. The summed E-state index contributed by atoms with van der Waals surface area (Å²) in [5.74, 6) is -1.47. The summed E-state index contributed by atoms with van der Waals surface area (Å²) in [4.78, 5) is 22.7. The number of amides is 1. The molecule has 3 N–H and O–H groups in total. The Morgan fingerprint density at radius 1 is 1.11 bits per heavy atom. The van der Waals surface area contributed by atoms with Gasteiger partial charge in [-0.1, -0.05) is 0 Å². The molecule has 0 heterocycles. The van der Waals surface area contributed by atoms with Gasteiger partial charge in [-0.25, -0.2) is 0 Å². The molecule has 1 saturated carbocycles. The highest BCUT2D eigenvalue weighted by Crippen LogP contribution is 2.31. The lowest BCUT2D eigenvalue weighted by atomic mass is 10.0. The second kappa shape index (κ2) is 5.08. The van der Waals surface area contributed by atoms with Gasteiger partial charge < -0.3 is 15.5 Å². The molecule has 0 aliphatic heterocycles. The molecule has 18 heavy (non-hydrogen) atoms. The van der Waals surface area contributed by atoms with Crippen LogP contribution in [0.2, 0.25) is 0 Å². The number of hydrogen-bond acceptors (Lipinski definition) is 3. The highest BCUT2D eigenvalue weighted by molar-refractivity contribution is 5.93. The summed E-state index contributed by atoms with van der Waals surface area (Å²) in [6, 6.07) is 6.20. The quantitative estimate of drug-likeness (QED) is 0.713. The molecule has 1 aliphatic carbocycles. The maximum absolute atomic E-state index is 11.9. The minimum atomic E-state index is -0.824. The SMILES string of the molecule is O=C(O)C1CCC(C(=O)Nc2ccc(O)cc2)C1. The lowest BCUT2D eigenvalue weighted by molar-refractivity contribution is -0.141. The first-order valence-electron chi connectivity index (χ1n) is 5.89. The molecule has 0 aromatic heterocycles. The van der Waals surface area contributed by atoms with Gasteiger partial charge >= 0.3 is 5.97 Å². The predicted molar refractivity (Wildman–Crippen MR) is 65.2 cm³/mol. The number of aromatic hydroxyl groups is 1. The molecule has 5 nitrogen and oxygen atoms in total. The fourth-order valence-corrected chi connectivity index (χ4v) is 2.23. The normalized spacial score (nSPS) is 22.7. The van der Waals surface area contributed by atoms with E-state index in [4.69, 9.17) is 10.2 Å². The van der Waals surface area contributed by atoms with Gasteiger partial charge in [-0.3, -0.25) is 9.59 Å². The first kappa shape index (κ1) is 12.4. The maximum atomic E-state index is 11.9. The molecule has 1 aromatic carbocycles. The summed E-state index contributed by atoms with van der Waals surface area (Å²) >= 11 is 0. The monoisotopic (exact) mass is 249 g/mol. The molecule has 1 fully saturated rings. The highest BCUT2D eigenvalue weighted by atomic mass is 16.4. The number of phenolic OH excluding ortho intramolecular Hbond substituents is 1. The number of carboxylic acid groups (broad SMARTS) is 1. The van der Waals surface area contributed by atoms with Crippen molar-refractivity contribution in [1.29, 1.82) is 0 Å². The van der Waals surface area contributed by atoms with Gasteiger partial charge in [-0.15, -0.1) is 0 Å². The van der Waals surface area contributed by atoms with E-state index in [1.165, 1.54) is 12.1 Å². The number of rotatable bonds is 3. The molecule has 96 valence electrons. The van der Waals surface area contributed by atoms with Crippen LogP contribution in [0.3, 0.4) is 0 Å². The Morgan fingerprint density at radius 2 is 1.72 bits per heavy atom. The molecular formula is C13H15NO4. The Bertz CT molecular complexity index is 455. The van der Waals surface area contributed by atoms with Gasteiger partial charge in [-0.2, -0.15) is 0 Å². The van der Waals surface area contributed by atoms with Crippen molar-refractivity contribution in [2.45, 2.75) is 19.3 Å². The summed E-state index contributed by atoms with van der Waals surface area (Å²) in [6.45, 7) is 0. The Hall–Kier alpha value is -2.04. The van der Waals surface area contributed by atoms with E-state index in [9.17, 15) is 9.59 Å². The van der Waals surface area contributed by atoms with Crippen LogP contribution in [0.15, 0.2) is 24.3 Å². The van der Waals surface area contributed by atoms with E-state index < -0.39 is 11.9 Å². The molecule has 1 aromatic rings. The fourth-order valence-electron chi connectivity index (χ4n) is 2.23. The molecule has 2 atom stereocenters. The van der Waals surface area contributed by atoms with Crippen LogP contribution in [0.5, 0.6) is 5.75 Å². The van der Waals surface area contributed by atoms with Crippen molar-refractivity contribution in [2.24, 2.45) is 11.8 Å². The van der Waals surface area contributed by atoms with E-state index in [-0.39, 0.29) is 17.6 Å². The zero-order valence-electron chi connectivity index (χ0n) is 9.80. The van der Waals surface area contributed by atoms with Crippen molar-refractivity contribution in [3.63, 3.8) is 0 Å². The van der Waals surface area contributed by atoms with Gasteiger partial charge in [0.15, 0.2) is 0 Å². The van der Waals surface area contributed by atoms with Gasteiger partial charge in [0.2, 0.25) is 5.91 Å². The summed E-state index contributed by atoms with van der Waals surface area (Å²) in [6.07, 6.45) is 1.57. The third-order valence-corrected chi connectivity index (χ3v) is 3.29. The predicted octanol–water partition coefficient (Wildman–Crippen LogP) is 1.83. The van der Waals surface area contributed by atoms with Gasteiger partial charge in [0.1, 0.15) is 5.75 Å². The zero-order valence-corrected chi connectivity index (χ0v) is 9.80. The van der Waals surface area contributed by atoms with Crippen molar-refractivity contribution >= 4 is 17.6 Å². The minimum Gasteiger partial charge on any atom is -0.508 e. The number of anilines is 1. The van der Waals surface area contributed by atoms with Crippen LogP contribution >= 0.6 is 0 Å². The van der Waals surface area contributed by atoms with Gasteiger partial charge in [0, 0.05) is 11.6 Å². The van der Waals surface area contributed by atoms with Crippen molar-refractivity contribution in [3.05, 3.63) is 24.3 Å². The van der Waals surface area contributed by atoms with Crippen LogP contribution in [-0.2, 0) is 9.59 Å². The largest absolute Gasteiger partial charge is 0.508 e. The third-order valence-electron chi connectivity index (χ3n) is 3.29. The number of hydrogen-bond donors (Lipinski definition) is 3. The first-order chi connectivity index (χ1) is 8.56. The molecule has 0 saturated heterocycles. The maximum Gasteiger partial charge on any atom is 0.306 e. The zero-order chi connectivity index (χ0) is 13.1. The van der Waals surface area contributed by atoms with Crippen LogP contribution in [0.4, 0.5) is 5.69 Å². The number of carboxylic acids is 1. The summed E-state index contributed by atoms with van der Waals surface area (Å²) in [5.41, 5.74) is 0.608. The molecule has 0 spiro atoms. The molecule has 2 unspecified atom stereocenters. The number of benzene rings is 1. The van der Waals surface area contributed by atoms with Gasteiger partial charge in [-0.05, 0) is 43.5 Å². The Kier molecular flexibility index (Phi) is 3.50. The van der Waals surface area contributed by atoms with E-state index in [1.807, 2.05) is 0 Å². The van der Waals surface area contributed by atoms with E-state index in [2.05, 4.69) is 5.32 Å². The molecule has 0 radical (unpaired) electrons. The van der Waals surface area contributed by atoms with Crippen molar-refractivity contribution < 1.29 is 19.8 Å². The Labute approximate surface area is 104 Å². The lowest BCUT2D eigenvalue weighted by Crippen LogP contribution is -2.21. The number of nitrogens with one attached hydrogen (secondary N) is 1. The van der Waals surface area contributed by atoms with Crippen LogP contribution < -0.4 is 5.32 Å². The molecule has 5 heteroatoms. The average molecular weight is 249 g/mol. The Balaban J connectivity index is 1.93. The molecule has 1 amide bonds. The first-order valence-corrected chi connectivity index (χ1v) is 5.89. The molecule has 2 rings (SSSR count). The van der Waals surface area contributed by atoms with Crippen molar-refractivity contribution in [3.8, 4) is 5.75 Å². The smallest absolute Gasteiger partial charge is 0.306 e. The summed E-state index contributed by atoms with van der Waals surface area (Å²) < 4.78 is 0. The van der Waals surface area contributed by atoms with Crippen LogP contribution in [-0.4, -0.2) is 22.1 Å². The van der Waals surface area contributed by atoms with Crippen molar-refractivity contribution in [1.82, 2.24) is 0 Å². The number of carbonyl (C=O) groups is 2. The summed E-state index contributed by atoms with van der Waals surface area (Å²) in [7, 11) is 0. The van der Waals surface area contributed by atoms with E-state index in [0.717, 1.165) is 0 Å². The number of phenols is 1. The van der Waals surface area contributed by atoms with Crippen LogP contribution in [0.1, 0.15) is 19.3 Å². The van der Waals surface area contributed by atoms with Crippen molar-refractivity contribution in [2.75, 3.05) is 5.32 Å². The molecule has 0 bridgehead atoms. The summed E-state index contributed by atoms with van der Waals surface area (Å²) in [5, 5.41) is 20.7. The van der Waals surface area contributed by atoms with Crippen LogP contribution in [0.25, 0.3) is 0 Å². The number of aliphatic carboxylic acids is 1. The standard InChI is InChI=1S/C13H15NO4/c15-11-5-3-10(4-6-11)14-12(16)8-1-2-9(7-8)13(17)18/h3-6,8-9,15H,1-2,7H2,(H,14,16)(H,17,18). The second-order valence-corrected chi connectivity index (χ2v) is 4.58. The van der Waals surface area contributed by atoms with E-state index in [0.29, 0.717) is 24.9 Å². The van der Waals surface area contributed by atoms with E-state index >= 15 is 0 Å². The topological polar surface area (TPSA) is 86.6 Å². The average Bonchev–Trinajstić information content (AvgIpc) is 2.81. The Morgan fingerprint density at radius 3 is 2.28 bits per heavy atom. The molecule has 1 aliphatic rings.